The third-order valence-electron chi connectivity index (χ3n) is 7.88. The second-order valence-electron chi connectivity index (χ2n) is 10.4. The van der Waals surface area contributed by atoms with Crippen molar-refractivity contribution in [3.8, 4) is 17.5 Å². The van der Waals surface area contributed by atoms with Gasteiger partial charge in [0.25, 0.3) is 0 Å². The number of hydrogen-bond donors (Lipinski definition) is 0. The van der Waals surface area contributed by atoms with Crippen LogP contribution in [0.1, 0.15) is 0 Å². The molecule has 0 radical (unpaired) electrons. The molecule has 0 aliphatic carbocycles. The monoisotopic (exact) mass is 570 g/mol. The van der Waals surface area contributed by atoms with Gasteiger partial charge in [0.1, 0.15) is 5.69 Å². The number of fused-ring (bicyclic) bond motifs is 6. The third kappa shape index (κ3) is 3.82. The van der Waals surface area contributed by atoms with Gasteiger partial charge in [-0.15, -0.1) is 0 Å². The van der Waals surface area contributed by atoms with Gasteiger partial charge < -0.3 is 0 Å². The molecule has 0 saturated heterocycles. The molecule has 6 nitrogen and oxygen atoms in total. The Bertz CT molecular complexity index is 2260. The molecular weight excluding hydrogens is 549 g/mol. The SMILES string of the molecule is c1ccc2c(c1)Sc1ccccc1N2c1nc(-c2cc3ccccc3cn2)nc(-n2c3ccccc3c3ccccc32)n1. The first kappa shape index (κ1) is 24.1. The van der Waals surface area contributed by atoms with Crippen LogP contribution in [0.25, 0.3) is 50.0 Å². The lowest BCUT2D eigenvalue weighted by atomic mass is 10.1. The van der Waals surface area contributed by atoms with E-state index in [0.29, 0.717) is 23.4 Å². The molecule has 9 rings (SSSR count). The molecule has 3 aromatic heterocycles. The normalized spacial score (nSPS) is 12.5. The van der Waals surface area contributed by atoms with Crippen LogP contribution in [0.15, 0.2) is 143 Å². The first-order valence-corrected chi connectivity index (χ1v) is 14.9. The van der Waals surface area contributed by atoms with Crippen molar-refractivity contribution in [1.82, 2.24) is 24.5 Å². The Morgan fingerprint density at radius 2 is 1.07 bits per heavy atom. The summed E-state index contributed by atoms with van der Waals surface area (Å²) in [6.07, 6.45) is 1.89. The van der Waals surface area contributed by atoms with Gasteiger partial charge in [0, 0.05) is 32.1 Å². The Labute approximate surface area is 251 Å². The second-order valence-corrected chi connectivity index (χ2v) is 11.5. The maximum atomic E-state index is 5.22. The van der Waals surface area contributed by atoms with Crippen LogP contribution in [0, 0.1) is 0 Å². The Balaban J connectivity index is 1.36. The predicted molar refractivity (Wildman–Crippen MR) is 174 cm³/mol. The minimum absolute atomic E-state index is 0.515. The van der Waals surface area contributed by atoms with E-state index in [4.69, 9.17) is 19.9 Å². The van der Waals surface area contributed by atoms with Crippen molar-refractivity contribution in [2.75, 3.05) is 4.90 Å². The highest BCUT2D eigenvalue weighted by atomic mass is 32.2. The number of benzene rings is 5. The highest BCUT2D eigenvalue weighted by Gasteiger charge is 2.28. The maximum absolute atomic E-state index is 5.22. The Morgan fingerprint density at radius 1 is 0.512 bits per heavy atom. The van der Waals surface area contributed by atoms with Crippen LogP contribution >= 0.6 is 11.8 Å². The van der Waals surface area contributed by atoms with Crippen molar-refractivity contribution in [3.05, 3.63) is 134 Å². The Morgan fingerprint density at radius 3 is 1.77 bits per heavy atom. The molecular formula is C36H22N6S. The van der Waals surface area contributed by atoms with Gasteiger partial charge in [-0.2, -0.15) is 15.0 Å². The number of rotatable bonds is 3. The Kier molecular flexibility index (Phi) is 5.33. The summed E-state index contributed by atoms with van der Waals surface area (Å²) in [5.41, 5.74) is 4.82. The minimum atomic E-state index is 0.515. The van der Waals surface area contributed by atoms with Crippen LogP contribution in [-0.4, -0.2) is 24.5 Å². The van der Waals surface area contributed by atoms with Crippen molar-refractivity contribution in [2.24, 2.45) is 0 Å². The summed E-state index contributed by atoms with van der Waals surface area (Å²) in [4.78, 5) is 24.7. The third-order valence-corrected chi connectivity index (χ3v) is 9.01. The molecule has 0 saturated carbocycles. The van der Waals surface area contributed by atoms with Crippen LogP contribution < -0.4 is 4.90 Å². The fourth-order valence-corrected chi connectivity index (χ4v) is 6.99. The van der Waals surface area contributed by atoms with Crippen LogP contribution in [0.2, 0.25) is 0 Å². The van der Waals surface area contributed by atoms with Crippen molar-refractivity contribution >= 4 is 61.7 Å². The molecule has 202 valence electrons. The molecule has 5 aromatic carbocycles. The molecule has 0 N–H and O–H groups in total. The zero-order valence-corrected chi connectivity index (χ0v) is 23.6. The molecule has 1 aliphatic heterocycles. The largest absolute Gasteiger partial charge is 0.278 e. The van der Waals surface area contributed by atoms with E-state index in [1.54, 1.807) is 11.8 Å². The fourth-order valence-electron chi connectivity index (χ4n) is 5.93. The molecule has 43 heavy (non-hydrogen) atoms. The summed E-state index contributed by atoms with van der Waals surface area (Å²) < 4.78 is 2.14. The zero-order valence-electron chi connectivity index (χ0n) is 22.8. The van der Waals surface area contributed by atoms with Crippen molar-refractivity contribution in [1.29, 1.82) is 0 Å². The lowest BCUT2D eigenvalue weighted by Gasteiger charge is -2.31. The van der Waals surface area contributed by atoms with Gasteiger partial charge in [0.05, 0.1) is 22.4 Å². The van der Waals surface area contributed by atoms with Crippen molar-refractivity contribution in [3.63, 3.8) is 0 Å². The fraction of sp³-hybridized carbons (Fsp3) is 0. The topological polar surface area (TPSA) is 59.7 Å². The van der Waals surface area contributed by atoms with Gasteiger partial charge in [-0.3, -0.25) is 14.5 Å². The maximum Gasteiger partial charge on any atom is 0.240 e. The van der Waals surface area contributed by atoms with E-state index in [1.807, 2.05) is 18.3 Å². The smallest absolute Gasteiger partial charge is 0.240 e. The molecule has 0 atom stereocenters. The first-order chi connectivity index (χ1) is 21.3. The summed E-state index contributed by atoms with van der Waals surface area (Å²) in [7, 11) is 0. The number of aromatic nitrogens is 5. The van der Waals surface area contributed by atoms with E-state index in [0.717, 1.165) is 53.7 Å². The summed E-state index contributed by atoms with van der Waals surface area (Å²) in [5, 5.41) is 4.45. The van der Waals surface area contributed by atoms with Gasteiger partial charge in [0.2, 0.25) is 11.9 Å². The summed E-state index contributed by atoms with van der Waals surface area (Å²) in [6, 6.07) is 43.8. The first-order valence-electron chi connectivity index (χ1n) is 14.1. The van der Waals surface area contributed by atoms with Gasteiger partial charge >= 0.3 is 0 Å². The average Bonchev–Trinajstić information content (AvgIpc) is 3.41. The standard InChI is InChI=1S/C36H22N6S/c1-2-12-24-22-37-27(21-23(24)11-1)34-38-35(41-28-15-5-3-13-25(28)26-14-4-6-16-29(26)41)40-36(39-34)42-30-17-7-9-19-32(30)43-33-20-10-8-18-31(33)42/h1-22H. The molecule has 4 heterocycles. The summed E-state index contributed by atoms with van der Waals surface area (Å²) >= 11 is 1.76. The molecule has 8 aromatic rings. The minimum Gasteiger partial charge on any atom is -0.278 e. The summed E-state index contributed by atoms with van der Waals surface area (Å²) in [5.74, 6) is 1.60. The van der Waals surface area contributed by atoms with Crippen LogP contribution in [0.5, 0.6) is 0 Å². The van der Waals surface area contributed by atoms with E-state index in [1.165, 1.54) is 0 Å². The number of pyridine rings is 1. The van der Waals surface area contributed by atoms with Crippen molar-refractivity contribution in [2.45, 2.75) is 9.79 Å². The summed E-state index contributed by atoms with van der Waals surface area (Å²) in [6.45, 7) is 0. The van der Waals surface area contributed by atoms with E-state index < -0.39 is 0 Å². The second kappa shape index (κ2) is 9.51. The van der Waals surface area contributed by atoms with E-state index in [2.05, 4.69) is 125 Å². The van der Waals surface area contributed by atoms with E-state index in [9.17, 15) is 0 Å². The quantitative estimate of drug-likeness (QED) is 0.211. The van der Waals surface area contributed by atoms with Gasteiger partial charge in [0.15, 0.2) is 5.82 Å². The number of para-hydroxylation sites is 4. The lowest BCUT2D eigenvalue weighted by Crippen LogP contribution is -2.19. The molecule has 0 amide bonds. The van der Waals surface area contributed by atoms with Crippen LogP contribution in [0.3, 0.4) is 0 Å². The van der Waals surface area contributed by atoms with E-state index >= 15 is 0 Å². The van der Waals surface area contributed by atoms with Gasteiger partial charge in [-0.25, -0.2) is 0 Å². The molecule has 0 fully saturated rings. The lowest BCUT2D eigenvalue weighted by molar-refractivity contribution is 0.922. The highest BCUT2D eigenvalue weighted by Crippen LogP contribution is 2.50. The van der Waals surface area contributed by atoms with Crippen molar-refractivity contribution < 1.29 is 0 Å². The molecule has 0 spiro atoms. The predicted octanol–water partition coefficient (Wildman–Crippen LogP) is 9.12. The molecule has 0 bridgehead atoms. The molecule has 1 aliphatic rings. The zero-order chi connectivity index (χ0) is 28.3. The Hall–Kier alpha value is -5.53. The van der Waals surface area contributed by atoms with Gasteiger partial charge in [-0.1, -0.05) is 96.7 Å². The number of nitrogens with zero attached hydrogens (tertiary/aromatic N) is 6. The van der Waals surface area contributed by atoms with E-state index in [-0.39, 0.29) is 0 Å². The van der Waals surface area contributed by atoms with Gasteiger partial charge in [-0.05, 0) is 47.9 Å². The van der Waals surface area contributed by atoms with Crippen LogP contribution in [0.4, 0.5) is 17.3 Å². The van der Waals surface area contributed by atoms with Crippen LogP contribution in [-0.2, 0) is 0 Å². The molecule has 7 heteroatoms. The number of hydrogen-bond acceptors (Lipinski definition) is 6. The average molecular weight is 571 g/mol. The molecule has 0 unspecified atom stereocenters. The highest BCUT2D eigenvalue weighted by molar-refractivity contribution is 7.99. The number of anilines is 3.